The summed E-state index contributed by atoms with van der Waals surface area (Å²) < 4.78 is 5.93. The summed E-state index contributed by atoms with van der Waals surface area (Å²) in [4.78, 5) is 26.1. The van der Waals surface area contributed by atoms with Crippen molar-refractivity contribution < 1.29 is 24.5 Å². The number of amides is 1. The molecule has 350 valence electrons. The van der Waals surface area contributed by atoms with Gasteiger partial charge in [-0.3, -0.25) is 9.59 Å². The monoisotopic (exact) mass is 842 g/mol. The van der Waals surface area contributed by atoms with E-state index in [1.807, 2.05) is 0 Å². The zero-order valence-corrected chi connectivity index (χ0v) is 39.8. The van der Waals surface area contributed by atoms with Crippen LogP contribution in [0.2, 0.25) is 0 Å². The molecule has 0 aliphatic heterocycles. The van der Waals surface area contributed by atoms with Gasteiger partial charge in [0, 0.05) is 6.42 Å². The maximum absolute atomic E-state index is 13.2. The van der Waals surface area contributed by atoms with Gasteiger partial charge in [0.2, 0.25) is 5.91 Å². The van der Waals surface area contributed by atoms with Crippen LogP contribution in [0.3, 0.4) is 0 Å². The Morgan fingerprint density at radius 3 is 1.42 bits per heavy atom. The maximum Gasteiger partial charge on any atom is 0.306 e. The van der Waals surface area contributed by atoms with Gasteiger partial charge in [0.1, 0.15) is 6.10 Å². The van der Waals surface area contributed by atoms with Crippen molar-refractivity contribution in [2.75, 3.05) is 6.61 Å². The quantitative estimate of drug-likeness (QED) is 0.0246. The second-order valence-electron chi connectivity index (χ2n) is 17.6. The zero-order valence-electron chi connectivity index (χ0n) is 39.8. The first-order chi connectivity index (χ1) is 29.5. The number of nitrogens with one attached hydrogen (secondary N) is 1. The van der Waals surface area contributed by atoms with Gasteiger partial charge in [0.15, 0.2) is 0 Å². The van der Waals surface area contributed by atoms with Gasteiger partial charge in [0.25, 0.3) is 0 Å². The van der Waals surface area contributed by atoms with E-state index in [9.17, 15) is 19.8 Å². The number of unbranched alkanes of at least 4 members (excludes halogenated alkanes) is 28. The van der Waals surface area contributed by atoms with Gasteiger partial charge in [-0.1, -0.05) is 223 Å². The van der Waals surface area contributed by atoms with Gasteiger partial charge < -0.3 is 20.3 Å². The molecule has 6 heteroatoms. The number of ether oxygens (including phenoxy) is 1. The van der Waals surface area contributed by atoms with E-state index in [1.165, 1.54) is 135 Å². The van der Waals surface area contributed by atoms with Crippen LogP contribution in [0.1, 0.15) is 258 Å². The number of hydrogen-bond donors (Lipinski definition) is 3. The highest BCUT2D eigenvalue weighted by Crippen LogP contribution is 2.17. The van der Waals surface area contributed by atoms with Crippen molar-refractivity contribution in [2.45, 2.75) is 277 Å². The number of hydrogen-bond acceptors (Lipinski definition) is 5. The summed E-state index contributed by atoms with van der Waals surface area (Å²) in [5, 5.41) is 23.7. The van der Waals surface area contributed by atoms with E-state index < -0.39 is 18.2 Å². The first-order valence-corrected chi connectivity index (χ1v) is 25.9. The molecule has 3 atom stereocenters. The Morgan fingerprint density at radius 2 is 0.917 bits per heavy atom. The van der Waals surface area contributed by atoms with Crippen molar-refractivity contribution in [2.24, 2.45) is 0 Å². The number of allylic oxidation sites excluding steroid dienone is 8. The number of carbonyl (C=O) groups is 2. The van der Waals surface area contributed by atoms with Gasteiger partial charge >= 0.3 is 5.97 Å². The fraction of sp³-hybridized carbons (Fsp3) is 0.815. The van der Waals surface area contributed by atoms with Crippen LogP contribution in [0.4, 0.5) is 0 Å². The number of esters is 1. The lowest BCUT2D eigenvalue weighted by atomic mass is 10.0. The fourth-order valence-electron chi connectivity index (χ4n) is 7.78. The molecule has 6 nitrogen and oxygen atoms in total. The Morgan fingerprint density at radius 1 is 0.500 bits per heavy atom. The molecular weight excluding hydrogens is 743 g/mol. The number of carbonyl (C=O) groups excluding carboxylic acids is 2. The molecule has 0 aromatic rings. The molecule has 3 unspecified atom stereocenters. The van der Waals surface area contributed by atoms with E-state index in [2.05, 4.69) is 74.7 Å². The van der Waals surface area contributed by atoms with E-state index in [1.54, 1.807) is 0 Å². The van der Waals surface area contributed by atoms with Crippen LogP contribution >= 0.6 is 0 Å². The van der Waals surface area contributed by atoms with Crippen LogP contribution < -0.4 is 5.32 Å². The van der Waals surface area contributed by atoms with Gasteiger partial charge in [-0.05, 0) is 70.6 Å². The molecule has 0 heterocycles. The molecule has 0 saturated carbocycles. The highest BCUT2D eigenvalue weighted by molar-refractivity contribution is 5.77. The lowest BCUT2D eigenvalue weighted by molar-refractivity contribution is -0.151. The highest BCUT2D eigenvalue weighted by atomic mass is 16.5. The number of rotatable bonds is 46. The zero-order chi connectivity index (χ0) is 43.8. The maximum atomic E-state index is 13.2. The van der Waals surface area contributed by atoms with E-state index >= 15 is 0 Å². The predicted molar refractivity (Wildman–Crippen MR) is 259 cm³/mol. The molecule has 0 aromatic carbocycles. The molecule has 0 spiro atoms. The summed E-state index contributed by atoms with van der Waals surface area (Å²) in [6.07, 6.45) is 57.4. The first kappa shape index (κ1) is 57.8. The summed E-state index contributed by atoms with van der Waals surface area (Å²) in [6.45, 7) is 6.34. The summed E-state index contributed by atoms with van der Waals surface area (Å²) in [5.74, 6) is -0.498. The molecule has 0 radical (unpaired) electrons. The number of aliphatic hydroxyl groups is 2. The molecule has 3 N–H and O–H groups in total. The van der Waals surface area contributed by atoms with Crippen LogP contribution in [0.5, 0.6) is 0 Å². The molecule has 0 aliphatic carbocycles. The van der Waals surface area contributed by atoms with Crippen LogP contribution in [0.25, 0.3) is 0 Å². The van der Waals surface area contributed by atoms with Gasteiger partial charge in [-0.25, -0.2) is 0 Å². The minimum Gasteiger partial charge on any atom is -0.462 e. The molecule has 1 amide bonds. The van der Waals surface area contributed by atoms with E-state index in [-0.39, 0.29) is 24.9 Å². The second-order valence-corrected chi connectivity index (χ2v) is 17.6. The average molecular weight is 842 g/mol. The predicted octanol–water partition coefficient (Wildman–Crippen LogP) is 15.5. The lowest BCUT2D eigenvalue weighted by Gasteiger charge is -2.24. The molecule has 0 fully saturated rings. The van der Waals surface area contributed by atoms with E-state index in [0.717, 1.165) is 77.0 Å². The summed E-state index contributed by atoms with van der Waals surface area (Å²) in [5.41, 5.74) is 0. The first-order valence-electron chi connectivity index (χ1n) is 25.9. The Hall–Kier alpha value is -2.18. The van der Waals surface area contributed by atoms with Crippen molar-refractivity contribution in [1.82, 2.24) is 5.32 Å². The van der Waals surface area contributed by atoms with Crippen molar-refractivity contribution in [1.29, 1.82) is 0 Å². The molecular formula is C54H99NO5. The highest BCUT2D eigenvalue weighted by Gasteiger charge is 2.24. The summed E-state index contributed by atoms with van der Waals surface area (Å²) >= 11 is 0. The Bertz CT molecular complexity index is 1040. The fourth-order valence-corrected chi connectivity index (χ4v) is 7.78. The molecule has 0 aliphatic rings. The van der Waals surface area contributed by atoms with Crippen LogP contribution in [-0.2, 0) is 14.3 Å². The smallest absolute Gasteiger partial charge is 0.306 e. The largest absolute Gasteiger partial charge is 0.462 e. The SMILES string of the molecule is CC/C=C/C=C/C=C/CCCCCCCCCC(=O)OC(CCCCC/C=C/CCCCCCCCCCC)CC(=O)NC(CO)C(O)CCCCCCCCCCCC. The third kappa shape index (κ3) is 42.5. The molecule has 0 rings (SSSR count). The standard InChI is InChI=1S/C54H99NO5/c1-4-7-10-13-16-19-22-24-26-28-29-31-33-36-39-42-45-50(60-54(59)47-44-41-38-35-32-30-27-25-23-20-17-14-11-8-5-2)48-53(58)55-51(49-56)52(57)46-43-40-37-34-21-18-15-12-9-6-3/h8,11,14,17,20,23,29,31,50-52,56-57H,4-7,9-10,12-13,15-16,18-19,21-22,24-28,30,32-49H2,1-3H3,(H,55,58)/b11-8+,17-14+,23-20+,31-29+. The van der Waals surface area contributed by atoms with Crippen molar-refractivity contribution in [3.05, 3.63) is 48.6 Å². The third-order valence-corrected chi connectivity index (χ3v) is 11.7. The van der Waals surface area contributed by atoms with Gasteiger partial charge in [-0.15, -0.1) is 0 Å². The van der Waals surface area contributed by atoms with E-state index in [4.69, 9.17) is 4.74 Å². The second kappa shape index (κ2) is 47.9. The molecule has 0 saturated heterocycles. The Labute approximate surface area is 372 Å². The van der Waals surface area contributed by atoms with E-state index in [0.29, 0.717) is 19.3 Å². The average Bonchev–Trinajstić information content (AvgIpc) is 3.24. The third-order valence-electron chi connectivity index (χ3n) is 11.7. The lowest BCUT2D eigenvalue weighted by Crippen LogP contribution is -2.46. The topological polar surface area (TPSA) is 95.9 Å². The Balaban J connectivity index is 4.61. The Kier molecular flexibility index (Phi) is 46.1. The normalized spacial score (nSPS) is 13.6. The van der Waals surface area contributed by atoms with Crippen LogP contribution in [0, 0.1) is 0 Å². The molecule has 0 aromatic heterocycles. The number of aliphatic hydroxyl groups excluding tert-OH is 2. The van der Waals surface area contributed by atoms with Crippen molar-refractivity contribution in [3.63, 3.8) is 0 Å². The molecule has 60 heavy (non-hydrogen) atoms. The van der Waals surface area contributed by atoms with Gasteiger partial charge in [0.05, 0.1) is 25.2 Å². The van der Waals surface area contributed by atoms with Gasteiger partial charge in [-0.2, -0.15) is 0 Å². The molecule has 0 bridgehead atoms. The van der Waals surface area contributed by atoms with Crippen LogP contribution in [0.15, 0.2) is 48.6 Å². The minimum absolute atomic E-state index is 0.0627. The minimum atomic E-state index is -0.792. The summed E-state index contributed by atoms with van der Waals surface area (Å²) in [6, 6.07) is -0.707. The van der Waals surface area contributed by atoms with Crippen molar-refractivity contribution in [3.8, 4) is 0 Å². The van der Waals surface area contributed by atoms with Crippen molar-refractivity contribution >= 4 is 11.9 Å². The van der Waals surface area contributed by atoms with Crippen LogP contribution in [-0.4, -0.2) is 46.9 Å². The summed E-state index contributed by atoms with van der Waals surface area (Å²) in [7, 11) is 0.